The van der Waals surface area contributed by atoms with Crippen molar-refractivity contribution < 1.29 is 9.53 Å². The third-order valence-electron chi connectivity index (χ3n) is 3.25. The summed E-state index contributed by atoms with van der Waals surface area (Å²) in [6.45, 7) is 4.31. The van der Waals surface area contributed by atoms with Crippen LogP contribution in [0.25, 0.3) is 0 Å². The van der Waals surface area contributed by atoms with Crippen molar-refractivity contribution in [1.29, 1.82) is 5.26 Å². The second-order valence-corrected chi connectivity index (χ2v) is 4.97. The molecule has 0 spiro atoms. The first kappa shape index (κ1) is 16.4. The van der Waals surface area contributed by atoms with Crippen LogP contribution in [0.15, 0.2) is 48.5 Å². The number of benzene rings is 2. The Morgan fingerprint density at radius 2 is 1.91 bits per heavy atom. The molecule has 0 heterocycles. The number of ether oxygens (including phenoxy) is 1. The summed E-state index contributed by atoms with van der Waals surface area (Å²) >= 11 is 0. The summed E-state index contributed by atoms with van der Waals surface area (Å²) in [5, 5.41) is 14.9. The molecule has 0 fully saturated rings. The number of rotatable bonds is 6. The lowest BCUT2D eigenvalue weighted by Gasteiger charge is -2.16. The molecule has 5 heteroatoms. The molecular weight excluding hydrogens is 290 g/mol. The van der Waals surface area contributed by atoms with E-state index in [-0.39, 0.29) is 5.91 Å². The molecule has 0 aliphatic carbocycles. The Morgan fingerprint density at radius 1 is 1.22 bits per heavy atom. The van der Waals surface area contributed by atoms with Gasteiger partial charge in [0, 0.05) is 5.69 Å². The van der Waals surface area contributed by atoms with Crippen LogP contribution < -0.4 is 15.4 Å². The molecule has 0 saturated heterocycles. The van der Waals surface area contributed by atoms with Gasteiger partial charge in [-0.25, -0.2) is 0 Å². The minimum Gasteiger partial charge on any atom is -0.494 e. The summed E-state index contributed by atoms with van der Waals surface area (Å²) in [7, 11) is 0. The molecule has 0 aliphatic rings. The average molecular weight is 309 g/mol. The zero-order valence-corrected chi connectivity index (χ0v) is 13.2. The smallest absolute Gasteiger partial charge is 0.246 e. The molecule has 2 rings (SSSR count). The van der Waals surface area contributed by atoms with Gasteiger partial charge >= 0.3 is 0 Å². The van der Waals surface area contributed by atoms with Crippen molar-refractivity contribution in [2.75, 3.05) is 17.2 Å². The maximum atomic E-state index is 12.2. The van der Waals surface area contributed by atoms with Crippen LogP contribution in [-0.2, 0) is 4.79 Å². The molecule has 0 unspecified atom stereocenters. The van der Waals surface area contributed by atoms with E-state index in [4.69, 9.17) is 10.00 Å². The van der Waals surface area contributed by atoms with Crippen LogP contribution in [0.1, 0.15) is 19.4 Å². The first-order valence-corrected chi connectivity index (χ1v) is 7.43. The number of hydrogen-bond donors (Lipinski definition) is 2. The summed E-state index contributed by atoms with van der Waals surface area (Å²) in [4.78, 5) is 12.2. The molecule has 2 aromatic carbocycles. The standard InChI is InChI=1S/C18H19N3O2/c1-3-23-16-10-8-15(9-11-16)20-13(2)18(22)21-17-7-5-4-6-14(17)12-19/h4-11,13,20H,3H2,1-2H3,(H,21,22)/t13-/m0/s1. The predicted octanol–water partition coefficient (Wildman–Crippen LogP) is 3.40. The second kappa shape index (κ2) is 7.85. The molecule has 0 bridgehead atoms. The van der Waals surface area contributed by atoms with Gasteiger partial charge in [-0.3, -0.25) is 4.79 Å². The zero-order chi connectivity index (χ0) is 16.7. The van der Waals surface area contributed by atoms with E-state index < -0.39 is 6.04 Å². The molecule has 5 nitrogen and oxygen atoms in total. The van der Waals surface area contributed by atoms with E-state index in [1.54, 1.807) is 31.2 Å². The van der Waals surface area contributed by atoms with Gasteiger partial charge in [-0.15, -0.1) is 0 Å². The second-order valence-electron chi connectivity index (χ2n) is 4.97. The van der Waals surface area contributed by atoms with Gasteiger partial charge in [-0.05, 0) is 50.2 Å². The Hall–Kier alpha value is -3.00. The number of para-hydroxylation sites is 1. The van der Waals surface area contributed by atoms with Gasteiger partial charge in [-0.2, -0.15) is 5.26 Å². The van der Waals surface area contributed by atoms with E-state index in [9.17, 15) is 4.79 Å². The molecule has 2 aromatic rings. The summed E-state index contributed by atoms with van der Waals surface area (Å²) in [6.07, 6.45) is 0. The fraction of sp³-hybridized carbons (Fsp3) is 0.222. The highest BCUT2D eigenvalue weighted by molar-refractivity contribution is 5.97. The van der Waals surface area contributed by atoms with Crippen molar-refractivity contribution in [2.45, 2.75) is 19.9 Å². The molecule has 23 heavy (non-hydrogen) atoms. The molecule has 1 amide bonds. The summed E-state index contributed by atoms with van der Waals surface area (Å²) in [5.74, 6) is 0.583. The third-order valence-corrected chi connectivity index (χ3v) is 3.25. The maximum Gasteiger partial charge on any atom is 0.246 e. The van der Waals surface area contributed by atoms with E-state index in [1.165, 1.54) is 0 Å². The fourth-order valence-corrected chi connectivity index (χ4v) is 2.06. The molecule has 1 atom stereocenters. The molecule has 2 N–H and O–H groups in total. The Balaban J connectivity index is 1.98. The Kier molecular flexibility index (Phi) is 5.59. The van der Waals surface area contributed by atoms with Gasteiger partial charge in [0.25, 0.3) is 0 Å². The van der Waals surface area contributed by atoms with Gasteiger partial charge in [0.15, 0.2) is 0 Å². The summed E-state index contributed by atoms with van der Waals surface area (Å²) in [5.41, 5.74) is 1.78. The van der Waals surface area contributed by atoms with Crippen LogP contribution in [0.4, 0.5) is 11.4 Å². The van der Waals surface area contributed by atoms with Gasteiger partial charge in [0.2, 0.25) is 5.91 Å². The normalized spacial score (nSPS) is 11.2. The van der Waals surface area contributed by atoms with Crippen LogP contribution in [0, 0.1) is 11.3 Å². The molecular formula is C18H19N3O2. The van der Waals surface area contributed by atoms with E-state index in [0.717, 1.165) is 11.4 Å². The number of amides is 1. The van der Waals surface area contributed by atoms with Crippen molar-refractivity contribution in [2.24, 2.45) is 0 Å². The molecule has 0 aliphatic heterocycles. The van der Waals surface area contributed by atoms with Crippen LogP contribution in [0.2, 0.25) is 0 Å². The number of nitrogens with one attached hydrogen (secondary N) is 2. The van der Waals surface area contributed by atoms with Gasteiger partial charge in [-0.1, -0.05) is 12.1 Å². The minimum absolute atomic E-state index is 0.207. The molecule has 0 aromatic heterocycles. The number of nitrogens with zero attached hydrogens (tertiary/aromatic N) is 1. The lowest BCUT2D eigenvalue weighted by molar-refractivity contribution is -0.116. The SMILES string of the molecule is CCOc1ccc(N[C@@H](C)C(=O)Nc2ccccc2C#N)cc1. The van der Waals surface area contributed by atoms with E-state index in [1.807, 2.05) is 31.2 Å². The highest BCUT2D eigenvalue weighted by atomic mass is 16.5. The highest BCUT2D eigenvalue weighted by Crippen LogP contribution is 2.17. The van der Waals surface area contributed by atoms with Crippen molar-refractivity contribution in [3.05, 3.63) is 54.1 Å². The Labute approximate surface area is 135 Å². The van der Waals surface area contributed by atoms with Crippen LogP contribution in [-0.4, -0.2) is 18.6 Å². The quantitative estimate of drug-likeness (QED) is 0.857. The van der Waals surface area contributed by atoms with Gasteiger partial charge < -0.3 is 15.4 Å². The fourth-order valence-electron chi connectivity index (χ4n) is 2.06. The van der Waals surface area contributed by atoms with E-state index in [0.29, 0.717) is 17.9 Å². The number of hydrogen-bond acceptors (Lipinski definition) is 4. The number of anilines is 2. The maximum absolute atomic E-state index is 12.2. The largest absolute Gasteiger partial charge is 0.494 e. The first-order valence-electron chi connectivity index (χ1n) is 7.43. The average Bonchev–Trinajstić information content (AvgIpc) is 2.57. The number of carbonyl (C=O) groups excluding carboxylic acids is 1. The van der Waals surface area contributed by atoms with Crippen LogP contribution >= 0.6 is 0 Å². The van der Waals surface area contributed by atoms with Crippen LogP contribution in [0.3, 0.4) is 0 Å². The predicted molar refractivity (Wildman–Crippen MR) is 90.5 cm³/mol. The Bertz CT molecular complexity index is 705. The molecule has 0 saturated carbocycles. The van der Waals surface area contributed by atoms with Gasteiger partial charge in [0.1, 0.15) is 17.9 Å². The van der Waals surface area contributed by atoms with Crippen molar-refractivity contribution in [1.82, 2.24) is 0 Å². The molecule has 118 valence electrons. The monoisotopic (exact) mass is 309 g/mol. The van der Waals surface area contributed by atoms with Crippen molar-refractivity contribution in [3.8, 4) is 11.8 Å². The highest BCUT2D eigenvalue weighted by Gasteiger charge is 2.14. The summed E-state index contributed by atoms with van der Waals surface area (Å²) < 4.78 is 5.38. The van der Waals surface area contributed by atoms with Crippen molar-refractivity contribution in [3.63, 3.8) is 0 Å². The zero-order valence-electron chi connectivity index (χ0n) is 13.2. The van der Waals surface area contributed by atoms with Gasteiger partial charge in [0.05, 0.1) is 17.9 Å². The Morgan fingerprint density at radius 3 is 2.57 bits per heavy atom. The first-order chi connectivity index (χ1) is 11.1. The minimum atomic E-state index is -0.445. The lowest BCUT2D eigenvalue weighted by Crippen LogP contribution is -2.32. The summed E-state index contributed by atoms with van der Waals surface area (Å²) in [6, 6.07) is 15.9. The number of carbonyl (C=O) groups is 1. The van der Waals surface area contributed by atoms with Crippen molar-refractivity contribution >= 4 is 17.3 Å². The van der Waals surface area contributed by atoms with E-state index in [2.05, 4.69) is 16.7 Å². The number of nitriles is 1. The lowest BCUT2D eigenvalue weighted by atomic mass is 10.2. The van der Waals surface area contributed by atoms with Crippen LogP contribution in [0.5, 0.6) is 5.75 Å². The van der Waals surface area contributed by atoms with E-state index >= 15 is 0 Å². The molecule has 0 radical (unpaired) electrons. The topological polar surface area (TPSA) is 74.2 Å². The third kappa shape index (κ3) is 4.48.